The number of hydrogen-bond acceptors (Lipinski definition) is 2. The number of nitrogens with one attached hydrogen (secondary N) is 1. The lowest BCUT2D eigenvalue weighted by atomic mass is 9.53. The van der Waals surface area contributed by atoms with Gasteiger partial charge in [-0.15, -0.1) is 0 Å². The summed E-state index contributed by atoms with van der Waals surface area (Å²) in [6, 6.07) is 8.96. The van der Waals surface area contributed by atoms with Crippen molar-refractivity contribution in [2.75, 3.05) is 0 Å². The summed E-state index contributed by atoms with van der Waals surface area (Å²) in [6.45, 7) is 0.644. The van der Waals surface area contributed by atoms with Gasteiger partial charge in [-0.3, -0.25) is 0 Å². The third-order valence-electron chi connectivity index (χ3n) is 6.81. The minimum atomic E-state index is -4.34. The highest BCUT2D eigenvalue weighted by molar-refractivity contribution is 5.58. The largest absolute Gasteiger partial charge is 0.460 e. The Bertz CT molecular complexity index is 803. The van der Waals surface area contributed by atoms with Crippen LogP contribution in [0.1, 0.15) is 49.8 Å². The standard InChI is InChI=1S/C22H24F3NO/c23-22(24,25)18-3-1-2-17(9-18)20-5-4-19(27-20)13-26-21-10-14-6-15(11-21)8-16(7-14)12-21/h1-5,9,14-16,26H,6-8,10-13H2. The van der Waals surface area contributed by atoms with Crippen molar-refractivity contribution in [2.24, 2.45) is 17.8 Å². The van der Waals surface area contributed by atoms with Crippen molar-refractivity contribution >= 4 is 0 Å². The van der Waals surface area contributed by atoms with Crippen LogP contribution in [-0.4, -0.2) is 5.54 Å². The van der Waals surface area contributed by atoms with Gasteiger partial charge in [-0.1, -0.05) is 12.1 Å². The van der Waals surface area contributed by atoms with E-state index in [-0.39, 0.29) is 5.54 Å². The van der Waals surface area contributed by atoms with Crippen molar-refractivity contribution in [3.05, 3.63) is 47.7 Å². The van der Waals surface area contributed by atoms with Crippen molar-refractivity contribution in [3.63, 3.8) is 0 Å². The van der Waals surface area contributed by atoms with E-state index in [4.69, 9.17) is 4.42 Å². The normalized spacial score (nSPS) is 32.2. The number of hydrogen-bond donors (Lipinski definition) is 1. The maximum Gasteiger partial charge on any atom is 0.416 e. The van der Waals surface area contributed by atoms with Crippen molar-refractivity contribution in [1.29, 1.82) is 0 Å². The third kappa shape index (κ3) is 3.31. The van der Waals surface area contributed by atoms with Crippen LogP contribution < -0.4 is 5.32 Å². The summed E-state index contributed by atoms with van der Waals surface area (Å²) in [5, 5.41) is 3.77. The molecule has 6 rings (SSSR count). The van der Waals surface area contributed by atoms with E-state index in [9.17, 15) is 13.2 Å². The average molecular weight is 375 g/mol. The molecular weight excluding hydrogens is 351 g/mol. The Hall–Kier alpha value is -1.75. The molecule has 0 saturated heterocycles. The molecule has 2 aromatic rings. The molecule has 1 N–H and O–H groups in total. The van der Waals surface area contributed by atoms with Crippen LogP contribution in [0.3, 0.4) is 0 Å². The summed E-state index contributed by atoms with van der Waals surface area (Å²) >= 11 is 0. The Kier molecular flexibility index (Phi) is 3.94. The van der Waals surface area contributed by atoms with E-state index in [0.29, 0.717) is 17.9 Å². The summed E-state index contributed by atoms with van der Waals surface area (Å²) < 4.78 is 44.7. The van der Waals surface area contributed by atoms with E-state index < -0.39 is 11.7 Å². The first kappa shape index (κ1) is 17.4. The highest BCUT2D eigenvalue weighted by atomic mass is 19.4. The van der Waals surface area contributed by atoms with Crippen LogP contribution in [0, 0.1) is 17.8 Å². The second-order valence-electron chi connectivity index (χ2n) is 8.90. The summed E-state index contributed by atoms with van der Waals surface area (Å²) in [4.78, 5) is 0. The number of furan rings is 1. The molecule has 1 aromatic carbocycles. The maximum absolute atomic E-state index is 12.9. The molecule has 4 aliphatic rings. The van der Waals surface area contributed by atoms with Gasteiger partial charge < -0.3 is 9.73 Å². The molecule has 1 aromatic heterocycles. The molecule has 4 saturated carbocycles. The SMILES string of the molecule is FC(F)(F)c1cccc(-c2ccc(CNC34CC5CC(CC(C5)C3)C4)o2)c1. The Labute approximate surface area is 157 Å². The van der Waals surface area contributed by atoms with Gasteiger partial charge in [0.1, 0.15) is 11.5 Å². The molecule has 2 nitrogen and oxygen atoms in total. The zero-order chi connectivity index (χ0) is 18.6. The summed E-state index contributed by atoms with van der Waals surface area (Å²) in [7, 11) is 0. The predicted molar refractivity (Wildman–Crippen MR) is 96.9 cm³/mol. The molecule has 0 amide bonds. The van der Waals surface area contributed by atoms with Crippen LogP contribution in [0.2, 0.25) is 0 Å². The molecule has 4 fully saturated rings. The number of alkyl halides is 3. The van der Waals surface area contributed by atoms with Gasteiger partial charge in [0.15, 0.2) is 0 Å². The first-order valence-corrected chi connectivity index (χ1v) is 9.90. The second kappa shape index (κ2) is 6.13. The van der Waals surface area contributed by atoms with E-state index in [1.54, 1.807) is 12.1 Å². The highest BCUT2D eigenvalue weighted by Crippen LogP contribution is 2.55. The Balaban J connectivity index is 1.29. The Morgan fingerprint density at radius 2 is 1.63 bits per heavy atom. The molecule has 0 atom stereocenters. The van der Waals surface area contributed by atoms with Crippen LogP contribution in [-0.2, 0) is 12.7 Å². The Morgan fingerprint density at radius 1 is 0.963 bits per heavy atom. The van der Waals surface area contributed by atoms with E-state index in [2.05, 4.69) is 5.32 Å². The van der Waals surface area contributed by atoms with Gasteiger partial charge >= 0.3 is 6.18 Å². The van der Waals surface area contributed by atoms with Gasteiger partial charge in [-0.2, -0.15) is 13.2 Å². The average Bonchev–Trinajstić information content (AvgIpc) is 3.07. The van der Waals surface area contributed by atoms with Gasteiger partial charge in [0.25, 0.3) is 0 Å². The van der Waals surface area contributed by atoms with Crippen molar-refractivity contribution < 1.29 is 17.6 Å². The zero-order valence-corrected chi connectivity index (χ0v) is 15.2. The van der Waals surface area contributed by atoms with E-state index in [0.717, 1.165) is 35.6 Å². The highest BCUT2D eigenvalue weighted by Gasteiger charge is 2.50. The molecular formula is C22H24F3NO. The minimum Gasteiger partial charge on any atom is -0.460 e. The lowest BCUT2D eigenvalue weighted by Gasteiger charge is -2.57. The Morgan fingerprint density at radius 3 is 2.26 bits per heavy atom. The molecule has 4 aliphatic carbocycles. The molecule has 144 valence electrons. The van der Waals surface area contributed by atoms with Crippen LogP contribution in [0.25, 0.3) is 11.3 Å². The summed E-state index contributed by atoms with van der Waals surface area (Å²) in [5.41, 5.74) is 0.0632. The van der Waals surface area contributed by atoms with Gasteiger partial charge in [-0.05, 0) is 80.5 Å². The minimum absolute atomic E-state index is 0.248. The van der Waals surface area contributed by atoms with Gasteiger partial charge in [0.05, 0.1) is 12.1 Å². The first-order chi connectivity index (χ1) is 12.9. The molecule has 4 bridgehead atoms. The van der Waals surface area contributed by atoms with Crippen molar-refractivity contribution in [3.8, 4) is 11.3 Å². The first-order valence-electron chi connectivity index (χ1n) is 9.90. The molecule has 0 aliphatic heterocycles. The zero-order valence-electron chi connectivity index (χ0n) is 15.2. The summed E-state index contributed by atoms with van der Waals surface area (Å²) in [5.74, 6) is 3.91. The molecule has 0 radical (unpaired) electrons. The van der Waals surface area contributed by atoms with Crippen LogP contribution in [0.5, 0.6) is 0 Å². The lowest BCUT2D eigenvalue weighted by molar-refractivity contribution is -0.137. The third-order valence-corrected chi connectivity index (χ3v) is 6.81. The quantitative estimate of drug-likeness (QED) is 0.706. The number of rotatable bonds is 4. The smallest absolute Gasteiger partial charge is 0.416 e. The summed E-state index contributed by atoms with van der Waals surface area (Å²) in [6.07, 6.45) is 3.66. The molecule has 0 spiro atoms. The lowest BCUT2D eigenvalue weighted by Crippen LogP contribution is -2.58. The second-order valence-corrected chi connectivity index (χ2v) is 8.90. The molecule has 27 heavy (non-hydrogen) atoms. The van der Waals surface area contributed by atoms with Gasteiger partial charge in [-0.25, -0.2) is 0 Å². The van der Waals surface area contributed by atoms with E-state index in [1.807, 2.05) is 6.07 Å². The maximum atomic E-state index is 12.9. The van der Waals surface area contributed by atoms with Gasteiger partial charge in [0.2, 0.25) is 0 Å². The van der Waals surface area contributed by atoms with Gasteiger partial charge in [0, 0.05) is 11.1 Å². The molecule has 5 heteroatoms. The van der Waals surface area contributed by atoms with Crippen LogP contribution in [0.15, 0.2) is 40.8 Å². The molecule has 0 unspecified atom stereocenters. The van der Waals surface area contributed by atoms with E-state index in [1.165, 1.54) is 44.6 Å². The number of benzene rings is 1. The molecule has 1 heterocycles. The van der Waals surface area contributed by atoms with Crippen molar-refractivity contribution in [1.82, 2.24) is 5.32 Å². The van der Waals surface area contributed by atoms with Crippen LogP contribution in [0.4, 0.5) is 13.2 Å². The van der Waals surface area contributed by atoms with Crippen LogP contribution >= 0.6 is 0 Å². The van der Waals surface area contributed by atoms with Crippen molar-refractivity contribution in [2.45, 2.75) is 56.8 Å². The monoisotopic (exact) mass is 375 g/mol. The number of halogens is 3. The van der Waals surface area contributed by atoms with E-state index >= 15 is 0 Å². The fourth-order valence-corrected chi connectivity index (χ4v) is 6.08. The fourth-order valence-electron chi connectivity index (χ4n) is 6.08. The topological polar surface area (TPSA) is 25.2 Å². The predicted octanol–water partition coefficient (Wildman–Crippen LogP) is 6.02. The fraction of sp³-hybridized carbons (Fsp3) is 0.545.